The highest BCUT2D eigenvalue weighted by molar-refractivity contribution is 6.26. The first kappa shape index (κ1) is 30.0. The maximum atomic E-state index is 12.4. The molecule has 0 aromatic heterocycles. The lowest BCUT2D eigenvalue weighted by molar-refractivity contribution is -0.133. The lowest BCUT2D eigenvalue weighted by atomic mass is 9.79. The molecule has 2 N–H and O–H groups in total. The van der Waals surface area contributed by atoms with Crippen LogP contribution in [0.25, 0.3) is 10.8 Å². The number of ketones is 3. The molecule has 0 heterocycles. The van der Waals surface area contributed by atoms with E-state index in [0.29, 0.717) is 29.5 Å². The molecule has 4 aromatic rings. The van der Waals surface area contributed by atoms with Crippen LogP contribution >= 0.6 is 0 Å². The van der Waals surface area contributed by atoms with Gasteiger partial charge in [0.05, 0.1) is 0 Å². The first-order chi connectivity index (χ1) is 21.1. The van der Waals surface area contributed by atoms with Crippen LogP contribution < -0.4 is 0 Å². The summed E-state index contributed by atoms with van der Waals surface area (Å²) in [4.78, 5) is 58.5. The summed E-state index contributed by atoms with van der Waals surface area (Å²) in [7, 11) is 0. The fourth-order valence-corrected chi connectivity index (χ4v) is 5.90. The summed E-state index contributed by atoms with van der Waals surface area (Å²) >= 11 is 0. The molecule has 220 valence electrons. The van der Waals surface area contributed by atoms with Crippen LogP contribution in [0.2, 0.25) is 0 Å². The average Bonchev–Trinajstić information content (AvgIpc) is 3.02. The van der Waals surface area contributed by atoms with E-state index in [4.69, 9.17) is 5.11 Å². The van der Waals surface area contributed by atoms with E-state index >= 15 is 0 Å². The van der Waals surface area contributed by atoms with E-state index in [1.165, 1.54) is 19.1 Å². The molecule has 2 aliphatic rings. The van der Waals surface area contributed by atoms with Gasteiger partial charge in [-0.1, -0.05) is 97.9 Å². The van der Waals surface area contributed by atoms with Crippen LogP contribution in [0.15, 0.2) is 108 Å². The molecule has 0 amide bonds. The third-order valence-corrected chi connectivity index (χ3v) is 8.15. The van der Waals surface area contributed by atoms with Crippen molar-refractivity contribution in [2.45, 2.75) is 38.5 Å². The molecule has 0 saturated heterocycles. The van der Waals surface area contributed by atoms with Crippen molar-refractivity contribution in [3.63, 3.8) is 0 Å². The number of allylic oxidation sites excluding steroid dienone is 2. The van der Waals surface area contributed by atoms with Gasteiger partial charge in [-0.05, 0) is 53.3 Å². The Morgan fingerprint density at radius 2 is 1.27 bits per heavy atom. The summed E-state index contributed by atoms with van der Waals surface area (Å²) in [6.45, 7) is 3.35. The highest BCUT2D eigenvalue weighted by Crippen LogP contribution is 2.35. The molecule has 0 saturated carbocycles. The van der Waals surface area contributed by atoms with Crippen LogP contribution in [-0.2, 0) is 16.0 Å². The van der Waals surface area contributed by atoms with Gasteiger partial charge in [0.15, 0.2) is 17.3 Å². The van der Waals surface area contributed by atoms with Crippen LogP contribution in [0, 0.1) is 0 Å². The summed E-state index contributed by atoms with van der Waals surface area (Å²) < 4.78 is 0. The molecule has 0 fully saturated rings. The van der Waals surface area contributed by atoms with Gasteiger partial charge in [-0.25, -0.2) is 9.59 Å². The number of benzene rings is 4. The van der Waals surface area contributed by atoms with E-state index in [0.717, 1.165) is 27.5 Å². The largest absolute Gasteiger partial charge is 0.478 e. The average molecular weight is 587 g/mol. The number of carboxylic acid groups (broad SMARTS) is 2. The Hall–Kier alpha value is -5.43. The summed E-state index contributed by atoms with van der Waals surface area (Å²) in [6, 6.07) is 26.5. The van der Waals surface area contributed by atoms with Gasteiger partial charge in [0.1, 0.15) is 11.1 Å². The van der Waals surface area contributed by atoms with Gasteiger partial charge in [0.2, 0.25) is 0 Å². The molecule has 0 spiro atoms. The number of Topliss-reactive ketones (excluding diaryl/α,β-unsaturated/α-hetero) is 3. The summed E-state index contributed by atoms with van der Waals surface area (Å²) in [6.07, 6.45) is 4.47. The monoisotopic (exact) mass is 586 g/mol. The van der Waals surface area contributed by atoms with E-state index in [1.807, 2.05) is 37.3 Å². The number of carbonyl (C=O) groups is 5. The van der Waals surface area contributed by atoms with Crippen molar-refractivity contribution in [3.05, 3.63) is 142 Å². The van der Waals surface area contributed by atoms with Crippen molar-refractivity contribution in [2.24, 2.45) is 0 Å². The van der Waals surface area contributed by atoms with Crippen molar-refractivity contribution >= 4 is 40.1 Å². The van der Waals surface area contributed by atoms with Crippen LogP contribution in [0.1, 0.15) is 79.9 Å². The Morgan fingerprint density at radius 3 is 1.95 bits per heavy atom. The molecule has 6 rings (SSSR count). The SMILES string of the molecule is CCC1C=C(C(=O)O)C(=O)c2cc(C(C)=O)ccc21.O=C(O)C1=CC(Cc2cccc3ccccc23)c2ccccc2C1=O. The van der Waals surface area contributed by atoms with Crippen molar-refractivity contribution < 1.29 is 34.2 Å². The topological polar surface area (TPSA) is 126 Å². The minimum absolute atomic E-state index is 0.0974. The molecule has 7 nitrogen and oxygen atoms in total. The maximum absolute atomic E-state index is 12.4. The molecule has 7 heteroatoms. The molecule has 44 heavy (non-hydrogen) atoms. The second-order valence-corrected chi connectivity index (χ2v) is 10.8. The van der Waals surface area contributed by atoms with Crippen LogP contribution in [0.4, 0.5) is 0 Å². The van der Waals surface area contributed by atoms with Crippen molar-refractivity contribution in [1.29, 1.82) is 0 Å². The van der Waals surface area contributed by atoms with Crippen molar-refractivity contribution in [3.8, 4) is 0 Å². The molecule has 2 unspecified atom stereocenters. The van der Waals surface area contributed by atoms with Crippen molar-refractivity contribution in [2.75, 3.05) is 0 Å². The van der Waals surface area contributed by atoms with Crippen molar-refractivity contribution in [1.82, 2.24) is 0 Å². The second kappa shape index (κ2) is 12.4. The van der Waals surface area contributed by atoms with E-state index < -0.39 is 23.5 Å². The number of aliphatic carboxylic acids is 2. The van der Waals surface area contributed by atoms with Gasteiger partial charge in [0.25, 0.3) is 0 Å². The number of rotatable bonds is 6. The first-order valence-electron chi connectivity index (χ1n) is 14.3. The zero-order valence-corrected chi connectivity index (χ0v) is 24.2. The van der Waals surface area contributed by atoms with Gasteiger partial charge in [-0.15, -0.1) is 0 Å². The highest BCUT2D eigenvalue weighted by atomic mass is 16.4. The summed E-state index contributed by atoms with van der Waals surface area (Å²) in [5.41, 5.74) is 3.74. The maximum Gasteiger partial charge on any atom is 0.339 e. The minimum Gasteiger partial charge on any atom is -0.478 e. The predicted molar refractivity (Wildman–Crippen MR) is 166 cm³/mol. The second-order valence-electron chi connectivity index (χ2n) is 10.8. The third-order valence-electron chi connectivity index (χ3n) is 8.15. The Morgan fingerprint density at radius 1 is 0.682 bits per heavy atom. The Balaban J connectivity index is 0.000000182. The normalized spacial score (nSPS) is 17.0. The van der Waals surface area contributed by atoms with Gasteiger partial charge < -0.3 is 10.2 Å². The Bertz CT molecular complexity index is 1910. The molecule has 2 aliphatic carbocycles. The molecule has 4 aromatic carbocycles. The van der Waals surface area contributed by atoms with Gasteiger partial charge in [0, 0.05) is 28.5 Å². The quantitative estimate of drug-likeness (QED) is 0.185. The smallest absolute Gasteiger partial charge is 0.339 e. The van der Waals surface area contributed by atoms with Crippen LogP contribution in [0.5, 0.6) is 0 Å². The zero-order valence-electron chi connectivity index (χ0n) is 24.2. The van der Waals surface area contributed by atoms with Gasteiger partial charge in [-0.2, -0.15) is 0 Å². The summed E-state index contributed by atoms with van der Waals surface area (Å²) in [5.74, 6) is -3.68. The Labute approximate surface area is 254 Å². The fraction of sp³-hybridized carbons (Fsp3) is 0.162. The molecular weight excluding hydrogens is 556 g/mol. The molecule has 0 bridgehead atoms. The minimum atomic E-state index is -1.22. The molecule has 0 aliphatic heterocycles. The highest BCUT2D eigenvalue weighted by Gasteiger charge is 2.31. The lowest BCUT2D eigenvalue weighted by Crippen LogP contribution is -2.21. The van der Waals surface area contributed by atoms with Crippen LogP contribution in [0.3, 0.4) is 0 Å². The molecule has 2 atom stereocenters. The van der Waals surface area contributed by atoms with Gasteiger partial charge in [-0.3, -0.25) is 14.4 Å². The van der Waals surface area contributed by atoms with Gasteiger partial charge >= 0.3 is 11.9 Å². The fourth-order valence-electron chi connectivity index (χ4n) is 5.90. The van der Waals surface area contributed by atoms with E-state index in [9.17, 15) is 29.1 Å². The number of carbonyl (C=O) groups excluding carboxylic acids is 3. The van der Waals surface area contributed by atoms with E-state index in [2.05, 4.69) is 24.3 Å². The number of fused-ring (bicyclic) bond motifs is 3. The van der Waals surface area contributed by atoms with E-state index in [-0.39, 0.29) is 28.8 Å². The number of hydrogen-bond acceptors (Lipinski definition) is 5. The Kier molecular flexibility index (Phi) is 8.49. The predicted octanol–water partition coefficient (Wildman–Crippen LogP) is 6.96. The number of carboxylic acids is 2. The van der Waals surface area contributed by atoms with E-state index in [1.54, 1.807) is 30.3 Å². The first-order valence-corrected chi connectivity index (χ1v) is 14.3. The summed E-state index contributed by atoms with van der Waals surface area (Å²) in [5, 5.41) is 20.8. The number of hydrogen-bond donors (Lipinski definition) is 2. The third kappa shape index (κ3) is 5.77. The zero-order chi connectivity index (χ0) is 31.5. The molecule has 0 radical (unpaired) electrons. The standard InChI is InChI=1S/C22H16O3.C15H14O4/c23-21-19-11-4-3-10-18(19)16(13-20(21)22(24)25)12-15-8-5-7-14-6-1-2-9-17(14)15;1-3-9-6-13(15(18)19)14(17)12-7-10(8(2)16)4-5-11(9)12/h1-11,13,16H,12H2,(H,24,25);4-7,9H,3H2,1-2H3,(H,18,19). The lowest BCUT2D eigenvalue weighted by Gasteiger charge is -2.23. The molecular formula is C37H30O7. The van der Waals surface area contributed by atoms with Crippen LogP contribution in [-0.4, -0.2) is 39.5 Å².